The van der Waals surface area contributed by atoms with Gasteiger partial charge in [0.1, 0.15) is 0 Å². The molecule has 0 rings (SSSR count). The fraction of sp³-hybridized carbons (Fsp3) is 1.00. The Balaban J connectivity index is 4.67. The normalized spacial score (nSPS) is 19.9. The average molecular weight is 297 g/mol. The fourth-order valence-corrected chi connectivity index (χ4v) is 3.92. The molecule has 0 nitrogen and oxygen atoms in total. The third-order valence-corrected chi connectivity index (χ3v) is 7.54. The van der Waals surface area contributed by atoms with E-state index in [9.17, 15) is 0 Å². The summed E-state index contributed by atoms with van der Waals surface area (Å²) in [4.78, 5) is 0. The van der Waals surface area contributed by atoms with Crippen molar-refractivity contribution in [2.24, 2.45) is 28.6 Å². The summed E-state index contributed by atoms with van der Waals surface area (Å²) in [6.45, 7) is 21.9. The van der Waals surface area contributed by atoms with Gasteiger partial charge in [-0.25, -0.2) is 0 Å². The second-order valence-electron chi connectivity index (χ2n) is 8.35. The van der Waals surface area contributed by atoms with Gasteiger partial charge in [0.25, 0.3) is 0 Å². The molecule has 0 heterocycles. The standard InChI is InChI=1S/C21H44/c1-10-17(5)18(6)15-14-16-21(9,13-4)19(7)20(8,11-2)12-3/h17-19H,10-16H2,1-9H3. The van der Waals surface area contributed by atoms with Crippen molar-refractivity contribution >= 4 is 0 Å². The van der Waals surface area contributed by atoms with Crippen molar-refractivity contribution in [1.82, 2.24) is 0 Å². The van der Waals surface area contributed by atoms with Crippen LogP contribution >= 0.6 is 0 Å². The van der Waals surface area contributed by atoms with E-state index < -0.39 is 0 Å². The first kappa shape index (κ1) is 21.0. The van der Waals surface area contributed by atoms with Gasteiger partial charge in [-0.05, 0) is 35.0 Å². The van der Waals surface area contributed by atoms with Crippen LogP contribution in [0, 0.1) is 28.6 Å². The van der Waals surface area contributed by atoms with E-state index >= 15 is 0 Å². The van der Waals surface area contributed by atoms with Crippen LogP contribution in [-0.2, 0) is 0 Å². The predicted molar refractivity (Wildman–Crippen MR) is 98.7 cm³/mol. The molecule has 0 radical (unpaired) electrons. The van der Waals surface area contributed by atoms with E-state index in [0.717, 1.165) is 17.8 Å². The van der Waals surface area contributed by atoms with Crippen molar-refractivity contribution in [2.75, 3.05) is 0 Å². The summed E-state index contributed by atoms with van der Waals surface area (Å²) in [6.07, 6.45) is 9.48. The zero-order chi connectivity index (χ0) is 16.7. The van der Waals surface area contributed by atoms with E-state index in [-0.39, 0.29) is 0 Å². The SMILES string of the molecule is CCC(C)C(C)CCCC(C)(CC)C(C)C(C)(CC)CC. The Bertz CT molecular complexity index is 263. The molecular formula is C21H44. The van der Waals surface area contributed by atoms with Crippen LogP contribution in [0.2, 0.25) is 0 Å². The van der Waals surface area contributed by atoms with Gasteiger partial charge in [-0.1, -0.05) is 101 Å². The third kappa shape index (κ3) is 5.61. The van der Waals surface area contributed by atoms with Gasteiger partial charge in [0, 0.05) is 0 Å². The molecule has 0 saturated heterocycles. The molecular weight excluding hydrogens is 252 g/mol. The van der Waals surface area contributed by atoms with Gasteiger partial charge in [-0.3, -0.25) is 0 Å². The van der Waals surface area contributed by atoms with Crippen molar-refractivity contribution in [1.29, 1.82) is 0 Å². The summed E-state index contributed by atoms with van der Waals surface area (Å²) in [7, 11) is 0. The van der Waals surface area contributed by atoms with Gasteiger partial charge < -0.3 is 0 Å². The fourth-order valence-electron chi connectivity index (χ4n) is 3.92. The molecule has 4 unspecified atom stereocenters. The molecule has 0 amide bonds. The van der Waals surface area contributed by atoms with Crippen LogP contribution in [0.4, 0.5) is 0 Å². The summed E-state index contributed by atoms with van der Waals surface area (Å²) < 4.78 is 0. The quantitative estimate of drug-likeness (QED) is 0.366. The van der Waals surface area contributed by atoms with E-state index in [1.54, 1.807) is 0 Å². The first-order valence-corrected chi connectivity index (χ1v) is 9.70. The number of hydrogen-bond acceptors (Lipinski definition) is 0. The van der Waals surface area contributed by atoms with Crippen molar-refractivity contribution in [3.63, 3.8) is 0 Å². The first-order chi connectivity index (χ1) is 9.70. The van der Waals surface area contributed by atoms with Crippen molar-refractivity contribution in [2.45, 2.75) is 107 Å². The van der Waals surface area contributed by atoms with E-state index in [2.05, 4.69) is 62.3 Å². The van der Waals surface area contributed by atoms with E-state index in [1.807, 2.05) is 0 Å². The summed E-state index contributed by atoms with van der Waals surface area (Å²) in [5, 5.41) is 0. The lowest BCUT2D eigenvalue weighted by atomic mass is 9.59. The molecule has 0 aromatic heterocycles. The lowest BCUT2D eigenvalue weighted by Crippen LogP contribution is -2.37. The van der Waals surface area contributed by atoms with E-state index in [4.69, 9.17) is 0 Å². The Morgan fingerprint density at radius 1 is 0.714 bits per heavy atom. The maximum absolute atomic E-state index is 2.55. The summed E-state index contributed by atoms with van der Waals surface area (Å²) in [6, 6.07) is 0. The highest BCUT2D eigenvalue weighted by Crippen LogP contribution is 2.49. The van der Waals surface area contributed by atoms with E-state index in [1.165, 1.54) is 44.9 Å². The topological polar surface area (TPSA) is 0 Å². The minimum absolute atomic E-state index is 0.507. The van der Waals surface area contributed by atoms with Crippen molar-refractivity contribution in [3.8, 4) is 0 Å². The molecule has 0 aromatic rings. The highest BCUT2D eigenvalue weighted by atomic mass is 14.4. The predicted octanol–water partition coefficient (Wildman–Crippen LogP) is 7.72. The lowest BCUT2D eigenvalue weighted by molar-refractivity contribution is 0.0381. The first-order valence-electron chi connectivity index (χ1n) is 9.70. The van der Waals surface area contributed by atoms with Gasteiger partial charge in [0.05, 0.1) is 0 Å². The van der Waals surface area contributed by atoms with Gasteiger partial charge in [-0.2, -0.15) is 0 Å². The zero-order valence-corrected chi connectivity index (χ0v) is 16.7. The number of hydrogen-bond donors (Lipinski definition) is 0. The highest BCUT2D eigenvalue weighted by molar-refractivity contribution is 4.89. The molecule has 0 aliphatic rings. The van der Waals surface area contributed by atoms with Gasteiger partial charge in [-0.15, -0.1) is 0 Å². The lowest BCUT2D eigenvalue weighted by Gasteiger charge is -2.46. The molecule has 0 N–H and O–H groups in total. The summed E-state index contributed by atoms with van der Waals surface area (Å²) >= 11 is 0. The van der Waals surface area contributed by atoms with E-state index in [0.29, 0.717) is 10.8 Å². The Hall–Kier alpha value is 0. The Labute approximate surface area is 136 Å². The smallest absolute Gasteiger partial charge is 0.0298 e. The Kier molecular flexibility index (Phi) is 9.21. The highest BCUT2D eigenvalue weighted by Gasteiger charge is 2.39. The van der Waals surface area contributed by atoms with Gasteiger partial charge >= 0.3 is 0 Å². The average Bonchev–Trinajstić information content (AvgIpc) is 2.51. The Morgan fingerprint density at radius 3 is 1.57 bits per heavy atom. The second-order valence-corrected chi connectivity index (χ2v) is 8.35. The maximum Gasteiger partial charge on any atom is -0.0298 e. The molecule has 0 saturated carbocycles. The molecule has 4 atom stereocenters. The summed E-state index contributed by atoms with van der Waals surface area (Å²) in [5.41, 5.74) is 1.02. The largest absolute Gasteiger partial charge is 0.0651 e. The molecule has 0 spiro atoms. The van der Waals surface area contributed by atoms with Crippen LogP contribution in [0.15, 0.2) is 0 Å². The minimum Gasteiger partial charge on any atom is -0.0651 e. The number of rotatable bonds is 11. The third-order valence-electron chi connectivity index (χ3n) is 7.54. The molecule has 0 aliphatic carbocycles. The van der Waals surface area contributed by atoms with Crippen LogP contribution in [0.3, 0.4) is 0 Å². The zero-order valence-electron chi connectivity index (χ0n) is 16.7. The maximum atomic E-state index is 2.55. The van der Waals surface area contributed by atoms with Gasteiger partial charge in [0.15, 0.2) is 0 Å². The molecule has 0 aromatic carbocycles. The second kappa shape index (κ2) is 9.21. The molecule has 0 heteroatoms. The monoisotopic (exact) mass is 296 g/mol. The summed E-state index contributed by atoms with van der Waals surface area (Å²) in [5.74, 6) is 2.57. The van der Waals surface area contributed by atoms with Crippen molar-refractivity contribution in [3.05, 3.63) is 0 Å². The van der Waals surface area contributed by atoms with Crippen molar-refractivity contribution < 1.29 is 0 Å². The van der Waals surface area contributed by atoms with Crippen LogP contribution in [-0.4, -0.2) is 0 Å². The van der Waals surface area contributed by atoms with Crippen LogP contribution in [0.25, 0.3) is 0 Å². The molecule has 0 bridgehead atoms. The van der Waals surface area contributed by atoms with Crippen LogP contribution in [0.5, 0.6) is 0 Å². The molecule has 128 valence electrons. The Morgan fingerprint density at radius 2 is 1.19 bits per heavy atom. The minimum atomic E-state index is 0.507. The molecule has 0 aliphatic heterocycles. The molecule has 0 fully saturated rings. The van der Waals surface area contributed by atoms with Gasteiger partial charge in [0.2, 0.25) is 0 Å². The van der Waals surface area contributed by atoms with Crippen LogP contribution in [0.1, 0.15) is 107 Å². The van der Waals surface area contributed by atoms with Crippen LogP contribution < -0.4 is 0 Å². The molecule has 21 heavy (non-hydrogen) atoms.